The van der Waals surface area contributed by atoms with Crippen LogP contribution >= 0.6 is 0 Å². The minimum absolute atomic E-state index is 0.106. The van der Waals surface area contributed by atoms with Gasteiger partial charge in [0.25, 0.3) is 5.91 Å². The van der Waals surface area contributed by atoms with E-state index in [1.165, 1.54) is 51.6 Å². The second-order valence-electron chi connectivity index (χ2n) is 8.65. The van der Waals surface area contributed by atoms with Crippen LogP contribution in [-0.2, 0) is 4.74 Å². The molecule has 3 fully saturated rings. The Balaban J connectivity index is 1.37. The number of hydrogen-bond acceptors (Lipinski definition) is 4. The second-order valence-corrected chi connectivity index (χ2v) is 8.65. The van der Waals surface area contributed by atoms with Crippen molar-refractivity contribution in [2.75, 3.05) is 32.8 Å². The smallest absolute Gasteiger partial charge is 0.257 e. The molecule has 4 rings (SSSR count). The number of nitrogens with zero attached hydrogens (tertiary/aromatic N) is 2. The zero-order valence-electron chi connectivity index (χ0n) is 16.7. The molecule has 5 nitrogen and oxygen atoms in total. The topological polar surface area (TPSA) is 45.9 Å². The molecule has 3 aliphatic rings. The van der Waals surface area contributed by atoms with Gasteiger partial charge in [-0.2, -0.15) is 0 Å². The normalized spacial score (nSPS) is 25.3. The van der Waals surface area contributed by atoms with Gasteiger partial charge in [-0.25, -0.2) is 0 Å². The fourth-order valence-corrected chi connectivity index (χ4v) is 5.13. The van der Waals surface area contributed by atoms with E-state index < -0.39 is 0 Å². The van der Waals surface area contributed by atoms with Gasteiger partial charge in [0.2, 0.25) is 0 Å². The average Bonchev–Trinajstić information content (AvgIpc) is 3.44. The molecule has 2 aliphatic heterocycles. The summed E-state index contributed by atoms with van der Waals surface area (Å²) in [7, 11) is 0. The van der Waals surface area contributed by atoms with Crippen LogP contribution in [0.25, 0.3) is 0 Å². The fourth-order valence-electron chi connectivity index (χ4n) is 5.13. The van der Waals surface area contributed by atoms with E-state index >= 15 is 0 Å². The number of hydrogen-bond donors (Lipinski definition) is 0. The summed E-state index contributed by atoms with van der Waals surface area (Å²) in [6.45, 7) is 6.66. The number of ether oxygens (including phenoxy) is 1. The first-order chi connectivity index (χ1) is 13.2. The van der Waals surface area contributed by atoms with E-state index in [0.717, 1.165) is 32.0 Å². The highest BCUT2D eigenvalue weighted by atomic mass is 16.5. The lowest BCUT2D eigenvalue weighted by Crippen LogP contribution is -2.45. The van der Waals surface area contributed by atoms with Gasteiger partial charge in [0.15, 0.2) is 0 Å². The van der Waals surface area contributed by atoms with Crippen LogP contribution in [0.4, 0.5) is 0 Å². The largest absolute Gasteiger partial charge is 0.469 e. The zero-order chi connectivity index (χ0) is 18.6. The van der Waals surface area contributed by atoms with E-state index in [4.69, 9.17) is 9.15 Å². The summed E-state index contributed by atoms with van der Waals surface area (Å²) in [4.78, 5) is 17.9. The number of likely N-dealkylation sites (tertiary alicyclic amines) is 1. The monoisotopic (exact) mass is 374 g/mol. The lowest BCUT2D eigenvalue weighted by atomic mass is 9.94. The maximum absolute atomic E-state index is 13.2. The molecule has 1 saturated carbocycles. The molecule has 1 atom stereocenters. The molecular weight excluding hydrogens is 340 g/mol. The van der Waals surface area contributed by atoms with Crippen molar-refractivity contribution in [2.45, 2.75) is 70.4 Å². The summed E-state index contributed by atoms with van der Waals surface area (Å²) in [6, 6.07) is 2.63. The predicted octanol–water partition coefficient (Wildman–Crippen LogP) is 3.86. The minimum atomic E-state index is 0.106. The molecule has 2 saturated heterocycles. The first-order valence-corrected chi connectivity index (χ1v) is 10.9. The molecule has 1 aliphatic carbocycles. The highest BCUT2D eigenvalue weighted by Crippen LogP contribution is 2.29. The Morgan fingerprint density at radius 3 is 2.52 bits per heavy atom. The van der Waals surface area contributed by atoms with Crippen molar-refractivity contribution >= 4 is 5.91 Å². The molecule has 3 heterocycles. The summed E-state index contributed by atoms with van der Waals surface area (Å²) >= 11 is 0. The number of rotatable bonds is 6. The third kappa shape index (κ3) is 4.57. The van der Waals surface area contributed by atoms with Crippen LogP contribution in [0.1, 0.15) is 67.5 Å². The molecule has 0 unspecified atom stereocenters. The molecule has 0 spiro atoms. The fraction of sp³-hybridized carbons (Fsp3) is 0.773. The number of piperidine rings is 1. The van der Waals surface area contributed by atoms with Gasteiger partial charge in [-0.05, 0) is 70.5 Å². The van der Waals surface area contributed by atoms with Crippen LogP contribution in [0.2, 0.25) is 0 Å². The van der Waals surface area contributed by atoms with Crippen LogP contribution in [-0.4, -0.2) is 60.6 Å². The van der Waals surface area contributed by atoms with E-state index in [1.54, 1.807) is 6.26 Å². The molecule has 0 N–H and O–H groups in total. The maximum atomic E-state index is 13.2. The summed E-state index contributed by atoms with van der Waals surface area (Å²) in [6.07, 6.45) is 12.0. The molecule has 27 heavy (non-hydrogen) atoms. The van der Waals surface area contributed by atoms with E-state index in [1.807, 2.05) is 17.9 Å². The molecule has 0 bridgehead atoms. The predicted molar refractivity (Wildman–Crippen MR) is 105 cm³/mol. The van der Waals surface area contributed by atoms with Gasteiger partial charge >= 0.3 is 0 Å². The molecule has 0 radical (unpaired) electrons. The molecule has 5 heteroatoms. The van der Waals surface area contributed by atoms with E-state index in [0.29, 0.717) is 23.8 Å². The van der Waals surface area contributed by atoms with Crippen molar-refractivity contribution in [1.29, 1.82) is 0 Å². The molecule has 1 amide bonds. The summed E-state index contributed by atoms with van der Waals surface area (Å²) in [5.74, 6) is 1.42. The Labute approximate surface area is 163 Å². The van der Waals surface area contributed by atoms with Crippen molar-refractivity contribution in [3.05, 3.63) is 23.7 Å². The quantitative estimate of drug-likeness (QED) is 0.758. The Bertz CT molecular complexity index is 609. The third-order valence-corrected chi connectivity index (χ3v) is 6.79. The van der Waals surface area contributed by atoms with Crippen molar-refractivity contribution in [2.24, 2.45) is 5.92 Å². The molecule has 0 aromatic carbocycles. The number of furan rings is 1. The maximum Gasteiger partial charge on any atom is 0.257 e. The SMILES string of the molecule is Cc1occc1C(=O)N(CC1CCN(C2CCCC2)CC1)C[C@@H]1CCCO1. The molecular formula is C22H34N2O3. The van der Waals surface area contributed by atoms with Crippen molar-refractivity contribution < 1.29 is 13.9 Å². The zero-order valence-corrected chi connectivity index (χ0v) is 16.7. The van der Waals surface area contributed by atoms with Crippen molar-refractivity contribution in [1.82, 2.24) is 9.80 Å². The first kappa shape index (κ1) is 19.0. The van der Waals surface area contributed by atoms with Gasteiger partial charge in [-0.15, -0.1) is 0 Å². The highest BCUT2D eigenvalue weighted by Gasteiger charge is 2.31. The second kappa shape index (κ2) is 8.78. The van der Waals surface area contributed by atoms with Crippen LogP contribution in [0.15, 0.2) is 16.7 Å². The van der Waals surface area contributed by atoms with Gasteiger partial charge < -0.3 is 19.0 Å². The Morgan fingerprint density at radius 2 is 1.89 bits per heavy atom. The lowest BCUT2D eigenvalue weighted by Gasteiger charge is -2.38. The third-order valence-electron chi connectivity index (χ3n) is 6.79. The Hall–Kier alpha value is -1.33. The highest BCUT2D eigenvalue weighted by molar-refractivity contribution is 5.95. The summed E-state index contributed by atoms with van der Waals surface area (Å²) < 4.78 is 11.2. The number of carbonyl (C=O) groups is 1. The van der Waals surface area contributed by atoms with E-state index in [-0.39, 0.29) is 12.0 Å². The van der Waals surface area contributed by atoms with E-state index in [9.17, 15) is 4.79 Å². The van der Waals surface area contributed by atoms with Crippen LogP contribution in [0.5, 0.6) is 0 Å². The summed E-state index contributed by atoms with van der Waals surface area (Å²) in [5.41, 5.74) is 0.705. The van der Waals surface area contributed by atoms with Crippen molar-refractivity contribution in [3.8, 4) is 0 Å². The van der Waals surface area contributed by atoms with E-state index in [2.05, 4.69) is 4.90 Å². The van der Waals surface area contributed by atoms with Gasteiger partial charge in [-0.1, -0.05) is 12.8 Å². The minimum Gasteiger partial charge on any atom is -0.469 e. The van der Waals surface area contributed by atoms with Crippen LogP contribution in [0.3, 0.4) is 0 Å². The number of aryl methyl sites for hydroxylation is 1. The lowest BCUT2D eigenvalue weighted by molar-refractivity contribution is 0.0428. The first-order valence-electron chi connectivity index (χ1n) is 10.9. The van der Waals surface area contributed by atoms with Gasteiger partial charge in [0.05, 0.1) is 17.9 Å². The Morgan fingerprint density at radius 1 is 1.11 bits per heavy atom. The van der Waals surface area contributed by atoms with Crippen LogP contribution < -0.4 is 0 Å². The number of carbonyl (C=O) groups excluding carboxylic acids is 1. The molecule has 1 aromatic rings. The van der Waals surface area contributed by atoms with Gasteiger partial charge in [-0.3, -0.25) is 4.79 Å². The molecule has 1 aromatic heterocycles. The number of amides is 1. The van der Waals surface area contributed by atoms with Crippen molar-refractivity contribution in [3.63, 3.8) is 0 Å². The van der Waals surface area contributed by atoms with Gasteiger partial charge in [0.1, 0.15) is 5.76 Å². The summed E-state index contributed by atoms with van der Waals surface area (Å²) in [5, 5.41) is 0. The van der Waals surface area contributed by atoms with Crippen LogP contribution in [0, 0.1) is 12.8 Å². The molecule has 150 valence electrons. The Kier molecular flexibility index (Phi) is 6.18. The standard InChI is InChI=1S/C22H34N2O3/c1-17-21(10-14-26-17)22(25)24(16-20-7-4-13-27-20)15-18-8-11-23(12-9-18)19-5-2-3-6-19/h10,14,18-20H,2-9,11-13,15-16H2,1H3/t20-/m0/s1. The average molecular weight is 375 g/mol. The van der Waals surface area contributed by atoms with Gasteiger partial charge in [0, 0.05) is 25.7 Å².